The van der Waals surface area contributed by atoms with Crippen LogP contribution in [0.4, 0.5) is 10.3 Å². The molecule has 0 unspecified atom stereocenters. The van der Waals surface area contributed by atoms with Gasteiger partial charge in [0.05, 0.1) is 16.9 Å². The first kappa shape index (κ1) is 16.7. The first-order valence-corrected chi connectivity index (χ1v) is 8.42. The average Bonchev–Trinajstić information content (AvgIpc) is 2.61. The highest BCUT2D eigenvalue weighted by Gasteiger charge is 2.14. The van der Waals surface area contributed by atoms with Crippen molar-refractivity contribution in [1.29, 1.82) is 0 Å². The van der Waals surface area contributed by atoms with Crippen molar-refractivity contribution in [2.45, 2.75) is 0 Å². The van der Waals surface area contributed by atoms with Crippen molar-refractivity contribution in [2.75, 3.05) is 5.73 Å². The summed E-state index contributed by atoms with van der Waals surface area (Å²) in [5.41, 5.74) is 8.78. The Morgan fingerprint density at radius 2 is 1.54 bits per heavy atom. The first-order chi connectivity index (χ1) is 12.5. The predicted molar refractivity (Wildman–Crippen MR) is 103 cm³/mol. The Morgan fingerprint density at radius 1 is 0.808 bits per heavy atom. The number of aromatic nitrogens is 3. The molecule has 2 N–H and O–H groups in total. The van der Waals surface area contributed by atoms with Gasteiger partial charge in [0.25, 0.3) is 0 Å². The lowest BCUT2D eigenvalue weighted by molar-refractivity contribution is 0.629. The van der Waals surface area contributed by atoms with Gasteiger partial charge >= 0.3 is 0 Å². The van der Waals surface area contributed by atoms with Crippen molar-refractivity contribution in [1.82, 2.24) is 15.0 Å². The molecule has 4 rings (SSSR count). The van der Waals surface area contributed by atoms with Gasteiger partial charge in [-0.05, 0) is 36.4 Å². The van der Waals surface area contributed by atoms with Crippen molar-refractivity contribution < 1.29 is 4.39 Å². The fraction of sp³-hybridized carbons (Fsp3) is 0. The van der Waals surface area contributed by atoms with Crippen LogP contribution in [0.15, 0.2) is 54.6 Å². The molecule has 0 aliphatic heterocycles. The van der Waals surface area contributed by atoms with Crippen LogP contribution < -0.4 is 5.73 Å². The van der Waals surface area contributed by atoms with Gasteiger partial charge in [-0.15, -0.1) is 0 Å². The van der Waals surface area contributed by atoms with E-state index in [1.807, 2.05) is 18.2 Å². The van der Waals surface area contributed by atoms with Crippen LogP contribution in [0, 0.1) is 5.82 Å². The number of nitrogens with two attached hydrogens (primary N) is 1. The van der Waals surface area contributed by atoms with Gasteiger partial charge in [-0.25, -0.2) is 19.3 Å². The molecule has 0 bridgehead atoms. The third kappa shape index (κ3) is 3.07. The molecule has 0 aliphatic rings. The van der Waals surface area contributed by atoms with E-state index in [9.17, 15) is 4.39 Å². The molecule has 0 amide bonds. The van der Waals surface area contributed by atoms with Crippen molar-refractivity contribution in [3.05, 3.63) is 70.6 Å². The van der Waals surface area contributed by atoms with Gasteiger partial charge < -0.3 is 5.73 Å². The zero-order valence-corrected chi connectivity index (χ0v) is 14.8. The van der Waals surface area contributed by atoms with Gasteiger partial charge in [0.15, 0.2) is 0 Å². The fourth-order valence-electron chi connectivity index (χ4n) is 2.71. The van der Waals surface area contributed by atoms with E-state index >= 15 is 0 Å². The normalized spacial score (nSPS) is 11.0. The molecule has 0 fully saturated rings. The topological polar surface area (TPSA) is 64.7 Å². The van der Waals surface area contributed by atoms with Crippen LogP contribution in [0.1, 0.15) is 0 Å². The first-order valence-electron chi connectivity index (χ1n) is 7.67. The van der Waals surface area contributed by atoms with Gasteiger partial charge in [0.2, 0.25) is 5.95 Å². The molecule has 0 atom stereocenters. The number of anilines is 1. The number of benzene rings is 2. The summed E-state index contributed by atoms with van der Waals surface area (Å²) in [6.07, 6.45) is 0. The molecule has 0 radical (unpaired) electrons. The summed E-state index contributed by atoms with van der Waals surface area (Å²) in [6.45, 7) is 0. The molecule has 4 nitrogen and oxygen atoms in total. The maximum atomic E-state index is 13.5. The van der Waals surface area contributed by atoms with Crippen molar-refractivity contribution in [3.63, 3.8) is 0 Å². The summed E-state index contributed by atoms with van der Waals surface area (Å²) in [5, 5.41) is 1.40. The zero-order valence-electron chi connectivity index (χ0n) is 13.2. The van der Waals surface area contributed by atoms with Crippen LogP contribution in [-0.4, -0.2) is 15.0 Å². The summed E-state index contributed by atoms with van der Waals surface area (Å²) >= 11 is 12.6. The number of halogens is 3. The van der Waals surface area contributed by atoms with E-state index in [1.54, 1.807) is 24.3 Å². The lowest BCUT2D eigenvalue weighted by Crippen LogP contribution is -1.99. The van der Waals surface area contributed by atoms with Crippen molar-refractivity contribution in [3.8, 4) is 22.5 Å². The van der Waals surface area contributed by atoms with Crippen LogP contribution in [0.2, 0.25) is 10.2 Å². The molecule has 0 saturated heterocycles. The van der Waals surface area contributed by atoms with Crippen molar-refractivity contribution in [2.24, 2.45) is 0 Å². The fourth-order valence-corrected chi connectivity index (χ4v) is 3.19. The third-order valence-corrected chi connectivity index (χ3v) is 4.52. The second kappa shape index (κ2) is 6.52. The Hall–Kier alpha value is -2.76. The van der Waals surface area contributed by atoms with E-state index in [2.05, 4.69) is 15.0 Å². The number of nitrogen functional groups attached to an aromatic ring is 1. The summed E-state index contributed by atoms with van der Waals surface area (Å²) < 4.78 is 13.5. The number of pyridine rings is 1. The van der Waals surface area contributed by atoms with Crippen molar-refractivity contribution >= 4 is 40.1 Å². The molecule has 2 aromatic heterocycles. The molecule has 2 heterocycles. The minimum atomic E-state index is -0.355. The summed E-state index contributed by atoms with van der Waals surface area (Å²) in [5.74, 6) is -0.278. The monoisotopic (exact) mass is 384 g/mol. The minimum absolute atomic E-state index is 0.0767. The molecular weight excluding hydrogens is 374 g/mol. The lowest BCUT2D eigenvalue weighted by Gasteiger charge is -2.09. The van der Waals surface area contributed by atoms with Gasteiger partial charge in [-0.2, -0.15) is 0 Å². The second-order valence-electron chi connectivity index (χ2n) is 5.64. The van der Waals surface area contributed by atoms with Crippen LogP contribution >= 0.6 is 23.2 Å². The minimum Gasteiger partial charge on any atom is -0.368 e. The average molecular weight is 385 g/mol. The largest absolute Gasteiger partial charge is 0.368 e. The highest BCUT2D eigenvalue weighted by atomic mass is 35.5. The molecule has 0 spiro atoms. The Bertz CT molecular complexity index is 1150. The summed E-state index contributed by atoms with van der Waals surface area (Å²) in [4.78, 5) is 12.8. The van der Waals surface area contributed by atoms with E-state index < -0.39 is 0 Å². The zero-order chi connectivity index (χ0) is 18.3. The second-order valence-corrected chi connectivity index (χ2v) is 6.41. The van der Waals surface area contributed by atoms with Gasteiger partial charge in [-0.3, -0.25) is 0 Å². The van der Waals surface area contributed by atoms with Crippen LogP contribution in [-0.2, 0) is 0 Å². The van der Waals surface area contributed by atoms with Crippen LogP contribution in [0.3, 0.4) is 0 Å². The third-order valence-electron chi connectivity index (χ3n) is 3.90. The highest BCUT2D eigenvalue weighted by Crippen LogP contribution is 2.33. The van der Waals surface area contributed by atoms with Gasteiger partial charge in [-0.1, -0.05) is 41.4 Å². The molecule has 0 saturated carbocycles. The molecule has 4 aromatic rings. The summed E-state index contributed by atoms with van der Waals surface area (Å²) in [7, 11) is 0. The molecule has 128 valence electrons. The number of fused-ring (bicyclic) bond motifs is 1. The predicted octanol–water partition coefficient (Wildman–Crippen LogP) is 5.39. The van der Waals surface area contributed by atoms with E-state index in [4.69, 9.17) is 28.9 Å². The molecular formula is C19H11Cl2FN4. The molecule has 26 heavy (non-hydrogen) atoms. The van der Waals surface area contributed by atoms with Gasteiger partial charge in [0, 0.05) is 21.5 Å². The SMILES string of the molecule is Nc1nc(-c2ccccc2Cl)cc(-c2cc3cc(F)ccc3nc2Cl)n1. The Morgan fingerprint density at radius 3 is 2.31 bits per heavy atom. The van der Waals surface area contributed by atoms with E-state index in [1.165, 1.54) is 12.1 Å². The van der Waals surface area contributed by atoms with Crippen LogP contribution in [0.25, 0.3) is 33.4 Å². The number of rotatable bonds is 2. The smallest absolute Gasteiger partial charge is 0.221 e. The standard InChI is InChI=1S/C19H11Cl2FN4/c20-14-4-2-1-3-12(14)16-9-17(26-19(23)25-16)13-8-10-7-11(22)5-6-15(10)24-18(13)21/h1-9H,(H2,23,25,26). The molecule has 7 heteroatoms. The summed E-state index contributed by atoms with van der Waals surface area (Å²) in [6, 6.07) is 15.0. The Labute approximate surface area is 158 Å². The molecule has 0 aliphatic carbocycles. The van der Waals surface area contributed by atoms with Gasteiger partial charge in [0.1, 0.15) is 11.0 Å². The highest BCUT2D eigenvalue weighted by molar-refractivity contribution is 6.33. The maximum Gasteiger partial charge on any atom is 0.221 e. The molecule has 2 aromatic carbocycles. The number of hydrogen-bond donors (Lipinski definition) is 1. The lowest BCUT2D eigenvalue weighted by atomic mass is 10.1. The maximum absolute atomic E-state index is 13.5. The number of hydrogen-bond acceptors (Lipinski definition) is 4. The van der Waals surface area contributed by atoms with E-state index in [0.717, 1.165) is 5.56 Å². The Balaban J connectivity index is 1.92. The Kier molecular flexibility index (Phi) is 4.18. The van der Waals surface area contributed by atoms with Crippen LogP contribution in [0.5, 0.6) is 0 Å². The van der Waals surface area contributed by atoms with E-state index in [-0.39, 0.29) is 16.9 Å². The quantitative estimate of drug-likeness (QED) is 0.470. The number of nitrogens with zero attached hydrogens (tertiary/aromatic N) is 3. The van der Waals surface area contributed by atoms with E-state index in [0.29, 0.717) is 32.9 Å².